The first-order valence-corrected chi connectivity index (χ1v) is 4.34. The van der Waals surface area contributed by atoms with E-state index in [0.717, 1.165) is 6.42 Å². The smallest absolute Gasteiger partial charge is 0.151 e. The molecule has 0 bridgehead atoms. The lowest BCUT2D eigenvalue weighted by molar-refractivity contribution is -0.0453. The van der Waals surface area contributed by atoms with Gasteiger partial charge in [0.2, 0.25) is 0 Å². The van der Waals surface area contributed by atoms with Crippen LogP contribution in [0.15, 0.2) is 0 Å². The summed E-state index contributed by atoms with van der Waals surface area (Å²) in [7, 11) is 0. The minimum absolute atomic E-state index is 0.0677. The van der Waals surface area contributed by atoms with Gasteiger partial charge in [-0.3, -0.25) is 0 Å². The van der Waals surface area contributed by atoms with E-state index in [1.807, 2.05) is 6.92 Å². The van der Waals surface area contributed by atoms with E-state index in [0.29, 0.717) is 6.42 Å². The second kappa shape index (κ2) is 11.8. The van der Waals surface area contributed by atoms with Gasteiger partial charge < -0.3 is 25.5 Å². The molecule has 5 nitrogen and oxygen atoms in total. The minimum atomic E-state index is -1.10. The average Bonchev–Trinajstić information content (AvgIpc) is 2.05. The van der Waals surface area contributed by atoms with Crippen molar-refractivity contribution in [3.8, 4) is 0 Å². The molecule has 0 heterocycles. The standard InChI is InChI=1S/C4H10O3.C4H10O2/c5-2-1-4(7)3-6;1-2-3-4(5)6/h4-7H,1-3H2;4-6H,2-3H2,1H3. The zero-order valence-corrected chi connectivity index (χ0v) is 7.93. The van der Waals surface area contributed by atoms with Crippen LogP contribution in [0.5, 0.6) is 0 Å². The summed E-state index contributed by atoms with van der Waals surface area (Å²) in [4.78, 5) is 0. The first kappa shape index (κ1) is 15.3. The van der Waals surface area contributed by atoms with Gasteiger partial charge >= 0.3 is 0 Å². The third-order valence-electron chi connectivity index (χ3n) is 1.22. The second-order valence-electron chi connectivity index (χ2n) is 2.62. The number of hydrogen-bond donors (Lipinski definition) is 5. The Kier molecular flexibility index (Phi) is 13.9. The molecule has 1 atom stereocenters. The molecule has 0 spiro atoms. The molecule has 5 N–H and O–H groups in total. The van der Waals surface area contributed by atoms with Crippen LogP contribution in [0.4, 0.5) is 0 Å². The van der Waals surface area contributed by atoms with Crippen molar-refractivity contribution in [2.75, 3.05) is 13.2 Å². The van der Waals surface area contributed by atoms with Crippen molar-refractivity contribution in [2.45, 2.75) is 38.6 Å². The summed E-state index contributed by atoms with van der Waals surface area (Å²) in [6.45, 7) is 1.57. The van der Waals surface area contributed by atoms with Crippen molar-refractivity contribution in [1.82, 2.24) is 0 Å². The third-order valence-corrected chi connectivity index (χ3v) is 1.22. The van der Waals surface area contributed by atoms with Gasteiger partial charge in [0.25, 0.3) is 0 Å². The van der Waals surface area contributed by atoms with Crippen LogP contribution >= 0.6 is 0 Å². The number of aliphatic hydroxyl groups is 5. The van der Waals surface area contributed by atoms with Crippen LogP contribution in [-0.4, -0.2) is 51.1 Å². The first-order valence-electron chi connectivity index (χ1n) is 4.34. The van der Waals surface area contributed by atoms with Crippen molar-refractivity contribution in [3.63, 3.8) is 0 Å². The molecule has 0 rings (SSSR count). The summed E-state index contributed by atoms with van der Waals surface area (Å²) in [6.07, 6.45) is -0.270. The Hall–Kier alpha value is -0.200. The van der Waals surface area contributed by atoms with E-state index in [9.17, 15) is 0 Å². The maximum absolute atomic E-state index is 8.45. The Bertz CT molecular complexity index is 86.6. The molecular formula is C8H20O5. The molecule has 0 aliphatic heterocycles. The van der Waals surface area contributed by atoms with E-state index in [4.69, 9.17) is 25.5 Å². The van der Waals surface area contributed by atoms with Gasteiger partial charge in [-0.05, 0) is 12.8 Å². The number of rotatable bonds is 5. The molecule has 0 aliphatic carbocycles. The van der Waals surface area contributed by atoms with Crippen LogP contribution in [0, 0.1) is 0 Å². The van der Waals surface area contributed by atoms with Gasteiger partial charge in [0, 0.05) is 6.61 Å². The quantitative estimate of drug-likeness (QED) is 0.356. The molecule has 0 saturated heterocycles. The molecule has 0 radical (unpaired) electrons. The summed E-state index contributed by atoms with van der Waals surface area (Å²) in [5, 5.41) is 40.9. The van der Waals surface area contributed by atoms with Gasteiger partial charge in [-0.25, -0.2) is 0 Å². The first-order chi connectivity index (χ1) is 6.08. The fourth-order valence-corrected chi connectivity index (χ4v) is 0.499. The lowest BCUT2D eigenvalue weighted by Gasteiger charge is -2.00. The molecule has 0 aromatic carbocycles. The average molecular weight is 196 g/mol. The third kappa shape index (κ3) is 18.6. The monoisotopic (exact) mass is 196 g/mol. The summed E-state index contributed by atoms with van der Waals surface area (Å²) in [5.41, 5.74) is 0. The van der Waals surface area contributed by atoms with Crippen LogP contribution < -0.4 is 0 Å². The maximum atomic E-state index is 8.45. The number of aliphatic hydroxyl groups excluding tert-OH is 4. The van der Waals surface area contributed by atoms with Crippen molar-refractivity contribution >= 4 is 0 Å². The molecule has 5 heteroatoms. The van der Waals surface area contributed by atoms with Crippen molar-refractivity contribution in [1.29, 1.82) is 0 Å². The molecule has 0 aromatic rings. The van der Waals surface area contributed by atoms with Gasteiger partial charge in [0.05, 0.1) is 12.7 Å². The second-order valence-corrected chi connectivity index (χ2v) is 2.62. The van der Waals surface area contributed by atoms with Gasteiger partial charge in [0.15, 0.2) is 6.29 Å². The van der Waals surface area contributed by atoms with Crippen molar-refractivity contribution in [3.05, 3.63) is 0 Å². The predicted octanol–water partition coefficient (Wildman–Crippen LogP) is -1.18. The Morgan fingerprint density at radius 1 is 1.00 bits per heavy atom. The normalized spacial score (nSPS) is 12.2. The zero-order valence-electron chi connectivity index (χ0n) is 7.93. The van der Waals surface area contributed by atoms with E-state index in [2.05, 4.69) is 0 Å². The maximum Gasteiger partial charge on any atom is 0.151 e. The molecule has 1 unspecified atom stereocenters. The summed E-state index contributed by atoms with van der Waals surface area (Å²) >= 11 is 0. The van der Waals surface area contributed by atoms with Gasteiger partial charge in [0.1, 0.15) is 0 Å². The minimum Gasteiger partial charge on any atom is -0.396 e. The molecule has 0 aliphatic rings. The lowest BCUT2D eigenvalue weighted by atomic mass is 10.3. The van der Waals surface area contributed by atoms with Crippen LogP contribution in [-0.2, 0) is 0 Å². The van der Waals surface area contributed by atoms with Crippen molar-refractivity contribution < 1.29 is 25.5 Å². The van der Waals surface area contributed by atoms with E-state index >= 15 is 0 Å². The Balaban J connectivity index is 0. The number of hydrogen-bond acceptors (Lipinski definition) is 5. The van der Waals surface area contributed by atoms with Gasteiger partial charge in [-0.15, -0.1) is 0 Å². The van der Waals surface area contributed by atoms with Gasteiger partial charge in [-0.1, -0.05) is 13.3 Å². The van der Waals surface area contributed by atoms with Gasteiger partial charge in [-0.2, -0.15) is 0 Å². The zero-order chi connectivity index (χ0) is 10.7. The SMILES string of the molecule is CCCC(O)O.OCCC(O)CO. The van der Waals surface area contributed by atoms with E-state index in [1.165, 1.54) is 0 Å². The molecule has 0 aromatic heterocycles. The molecular weight excluding hydrogens is 176 g/mol. The summed E-state index contributed by atoms with van der Waals surface area (Å²) in [5.74, 6) is 0. The fourth-order valence-electron chi connectivity index (χ4n) is 0.499. The largest absolute Gasteiger partial charge is 0.396 e. The van der Waals surface area contributed by atoms with E-state index < -0.39 is 12.4 Å². The highest BCUT2D eigenvalue weighted by molar-refractivity contribution is 4.48. The highest BCUT2D eigenvalue weighted by atomic mass is 16.5. The van der Waals surface area contributed by atoms with Crippen LogP contribution in [0.2, 0.25) is 0 Å². The Labute approximate surface area is 78.3 Å². The van der Waals surface area contributed by atoms with E-state index in [1.54, 1.807) is 0 Å². The molecule has 0 saturated carbocycles. The predicted molar refractivity (Wildman–Crippen MR) is 47.9 cm³/mol. The Morgan fingerprint density at radius 3 is 1.62 bits per heavy atom. The molecule has 13 heavy (non-hydrogen) atoms. The molecule has 0 amide bonds. The summed E-state index contributed by atoms with van der Waals surface area (Å²) < 4.78 is 0. The molecule has 0 fully saturated rings. The highest BCUT2D eigenvalue weighted by Gasteiger charge is 1.96. The topological polar surface area (TPSA) is 101 Å². The van der Waals surface area contributed by atoms with Crippen LogP contribution in [0.1, 0.15) is 26.2 Å². The van der Waals surface area contributed by atoms with Crippen LogP contribution in [0.25, 0.3) is 0 Å². The fraction of sp³-hybridized carbons (Fsp3) is 1.00. The van der Waals surface area contributed by atoms with E-state index in [-0.39, 0.29) is 19.6 Å². The summed E-state index contributed by atoms with van der Waals surface area (Å²) in [6, 6.07) is 0. The molecule has 82 valence electrons. The van der Waals surface area contributed by atoms with Crippen molar-refractivity contribution in [2.24, 2.45) is 0 Å². The highest BCUT2D eigenvalue weighted by Crippen LogP contribution is 1.88. The Morgan fingerprint density at radius 2 is 1.54 bits per heavy atom. The van der Waals surface area contributed by atoms with Crippen LogP contribution in [0.3, 0.4) is 0 Å². The lowest BCUT2D eigenvalue weighted by Crippen LogP contribution is -2.12.